The number of nitrogens with zero attached hydrogens (tertiary/aromatic N) is 1. The van der Waals surface area contributed by atoms with E-state index in [4.69, 9.17) is 4.74 Å². The van der Waals surface area contributed by atoms with Crippen LogP contribution in [0.2, 0.25) is 0 Å². The number of hydrogen-bond acceptors (Lipinski definition) is 4. The van der Waals surface area contributed by atoms with Crippen LogP contribution in [0.3, 0.4) is 0 Å². The van der Waals surface area contributed by atoms with E-state index in [9.17, 15) is 9.90 Å². The molecule has 0 aromatic carbocycles. The Kier molecular flexibility index (Phi) is 5.22. The lowest BCUT2D eigenvalue weighted by Crippen LogP contribution is -2.32. The van der Waals surface area contributed by atoms with E-state index in [1.54, 1.807) is 0 Å². The molecule has 3 atom stereocenters. The lowest BCUT2D eigenvalue weighted by Gasteiger charge is -2.22. The second-order valence-electron chi connectivity index (χ2n) is 6.37. The smallest absolute Gasteiger partial charge is 0.310 e. The Balaban J connectivity index is 1.75. The van der Waals surface area contributed by atoms with Gasteiger partial charge in [0.2, 0.25) is 0 Å². The molecule has 1 heterocycles. The van der Waals surface area contributed by atoms with Gasteiger partial charge in [0.05, 0.1) is 19.1 Å². The molecule has 0 spiro atoms. The highest BCUT2D eigenvalue weighted by molar-refractivity contribution is 5.73. The highest BCUT2D eigenvalue weighted by Crippen LogP contribution is 2.30. The van der Waals surface area contributed by atoms with E-state index < -0.39 is 0 Å². The van der Waals surface area contributed by atoms with Crippen LogP contribution in [0.5, 0.6) is 0 Å². The number of aliphatic hydroxyl groups is 1. The predicted molar refractivity (Wildman–Crippen MR) is 73.7 cm³/mol. The fourth-order valence-corrected chi connectivity index (χ4v) is 3.68. The number of carbonyl (C=O) groups excluding carboxylic acids is 1. The second kappa shape index (κ2) is 6.71. The largest absolute Gasteiger partial charge is 0.469 e. The van der Waals surface area contributed by atoms with E-state index >= 15 is 0 Å². The minimum absolute atomic E-state index is 0.0244. The van der Waals surface area contributed by atoms with Crippen LogP contribution in [-0.2, 0) is 9.53 Å². The van der Waals surface area contributed by atoms with Crippen molar-refractivity contribution in [1.82, 2.24) is 4.90 Å². The van der Waals surface area contributed by atoms with Gasteiger partial charge >= 0.3 is 5.97 Å². The maximum atomic E-state index is 11.6. The van der Waals surface area contributed by atoms with Gasteiger partial charge in [0.25, 0.3) is 0 Å². The topological polar surface area (TPSA) is 49.8 Å². The predicted octanol–water partition coefficient (Wildman–Crippen LogP) is 1.67. The number of methoxy groups -OCH3 is 1. The summed E-state index contributed by atoms with van der Waals surface area (Å²) in [4.78, 5) is 13.8. The number of carbonyl (C=O) groups is 1. The molecule has 110 valence electrons. The third kappa shape index (κ3) is 3.93. The quantitative estimate of drug-likeness (QED) is 0.771. The van der Waals surface area contributed by atoms with E-state index in [1.807, 2.05) is 0 Å². The molecule has 2 aliphatic rings. The number of rotatable bonds is 5. The first-order valence-corrected chi connectivity index (χ1v) is 7.58. The SMILES string of the molecule is COC(=O)C1CN(CC(O)CC2CCCC2)CC1C. The van der Waals surface area contributed by atoms with Crippen molar-refractivity contribution in [3.8, 4) is 0 Å². The lowest BCUT2D eigenvalue weighted by molar-refractivity contribution is -0.146. The molecule has 0 aromatic heterocycles. The Bertz CT molecular complexity index is 302. The molecular weight excluding hydrogens is 242 g/mol. The third-order valence-electron chi connectivity index (χ3n) is 4.74. The van der Waals surface area contributed by atoms with Gasteiger partial charge in [-0.25, -0.2) is 0 Å². The number of aliphatic hydroxyl groups excluding tert-OH is 1. The third-order valence-corrected chi connectivity index (χ3v) is 4.74. The summed E-state index contributed by atoms with van der Waals surface area (Å²) in [5.74, 6) is 0.904. The highest BCUT2D eigenvalue weighted by atomic mass is 16.5. The van der Waals surface area contributed by atoms with Gasteiger partial charge in [-0.15, -0.1) is 0 Å². The fraction of sp³-hybridized carbons (Fsp3) is 0.933. The molecular formula is C15H27NO3. The average Bonchev–Trinajstić information content (AvgIpc) is 2.98. The van der Waals surface area contributed by atoms with Crippen LogP contribution in [0.15, 0.2) is 0 Å². The minimum atomic E-state index is -0.244. The molecule has 1 saturated carbocycles. The zero-order valence-electron chi connectivity index (χ0n) is 12.2. The molecule has 1 aliphatic heterocycles. The number of esters is 1. The summed E-state index contributed by atoms with van der Waals surface area (Å²) in [6.45, 7) is 4.41. The zero-order chi connectivity index (χ0) is 13.8. The van der Waals surface area contributed by atoms with E-state index in [0.29, 0.717) is 18.4 Å². The Morgan fingerprint density at radius 3 is 2.68 bits per heavy atom. The summed E-state index contributed by atoms with van der Waals surface area (Å²) in [5, 5.41) is 10.2. The normalized spacial score (nSPS) is 30.7. The van der Waals surface area contributed by atoms with E-state index in [1.165, 1.54) is 32.8 Å². The molecule has 2 rings (SSSR count). The van der Waals surface area contributed by atoms with Crippen LogP contribution in [0.1, 0.15) is 39.0 Å². The molecule has 2 fully saturated rings. The van der Waals surface area contributed by atoms with Gasteiger partial charge in [-0.3, -0.25) is 9.69 Å². The van der Waals surface area contributed by atoms with Crippen molar-refractivity contribution < 1.29 is 14.6 Å². The highest BCUT2D eigenvalue weighted by Gasteiger charge is 2.36. The van der Waals surface area contributed by atoms with Crippen molar-refractivity contribution in [3.63, 3.8) is 0 Å². The molecule has 19 heavy (non-hydrogen) atoms. The molecule has 4 heteroatoms. The maximum Gasteiger partial charge on any atom is 0.310 e. The van der Waals surface area contributed by atoms with Gasteiger partial charge in [0, 0.05) is 19.6 Å². The van der Waals surface area contributed by atoms with Crippen molar-refractivity contribution in [2.75, 3.05) is 26.7 Å². The van der Waals surface area contributed by atoms with Crippen molar-refractivity contribution in [2.45, 2.75) is 45.1 Å². The fourth-order valence-electron chi connectivity index (χ4n) is 3.68. The standard InChI is InChI=1S/C15H27NO3/c1-11-8-16(10-14(11)15(18)19-2)9-13(17)7-12-5-3-4-6-12/h11-14,17H,3-10H2,1-2H3. The average molecular weight is 269 g/mol. The van der Waals surface area contributed by atoms with Crippen LogP contribution < -0.4 is 0 Å². The molecule has 0 aromatic rings. The van der Waals surface area contributed by atoms with E-state index in [2.05, 4.69) is 11.8 Å². The molecule has 4 nitrogen and oxygen atoms in total. The van der Waals surface area contributed by atoms with Gasteiger partial charge in [-0.1, -0.05) is 32.6 Å². The summed E-state index contributed by atoms with van der Waals surface area (Å²) in [7, 11) is 1.45. The van der Waals surface area contributed by atoms with Crippen LogP contribution in [0.4, 0.5) is 0 Å². The van der Waals surface area contributed by atoms with Crippen LogP contribution >= 0.6 is 0 Å². The summed E-state index contributed by atoms with van der Waals surface area (Å²) >= 11 is 0. The van der Waals surface area contributed by atoms with Crippen LogP contribution in [0, 0.1) is 17.8 Å². The summed E-state index contributed by atoms with van der Waals surface area (Å²) < 4.78 is 4.84. The Morgan fingerprint density at radius 2 is 2.05 bits per heavy atom. The van der Waals surface area contributed by atoms with Crippen molar-refractivity contribution in [1.29, 1.82) is 0 Å². The zero-order valence-corrected chi connectivity index (χ0v) is 12.2. The number of hydrogen-bond donors (Lipinski definition) is 1. The van der Waals surface area contributed by atoms with Gasteiger partial charge in [0.1, 0.15) is 0 Å². The van der Waals surface area contributed by atoms with Gasteiger partial charge < -0.3 is 9.84 Å². The monoisotopic (exact) mass is 269 g/mol. The Morgan fingerprint density at radius 1 is 1.37 bits per heavy atom. The summed E-state index contributed by atoms with van der Waals surface area (Å²) in [6.07, 6.45) is 5.88. The van der Waals surface area contributed by atoms with Gasteiger partial charge in [0.15, 0.2) is 0 Å². The number of ether oxygens (including phenoxy) is 1. The molecule has 0 radical (unpaired) electrons. The first kappa shape index (κ1) is 14.8. The first-order chi connectivity index (χ1) is 9.10. The first-order valence-electron chi connectivity index (χ1n) is 7.58. The molecule has 1 saturated heterocycles. The van der Waals surface area contributed by atoms with Crippen LogP contribution in [0.25, 0.3) is 0 Å². The Labute approximate surface area is 116 Å². The summed E-state index contributed by atoms with van der Waals surface area (Å²) in [6, 6.07) is 0. The van der Waals surface area contributed by atoms with Crippen molar-refractivity contribution in [3.05, 3.63) is 0 Å². The van der Waals surface area contributed by atoms with Crippen LogP contribution in [-0.4, -0.2) is 48.8 Å². The number of β-amino-alcohol motifs (C(OH)–C–C–N with tert-alkyl or cyclic N) is 1. The second-order valence-corrected chi connectivity index (χ2v) is 6.37. The molecule has 1 N–H and O–H groups in total. The number of likely N-dealkylation sites (tertiary alicyclic amines) is 1. The minimum Gasteiger partial charge on any atom is -0.469 e. The maximum absolute atomic E-state index is 11.6. The van der Waals surface area contributed by atoms with E-state index in [0.717, 1.165) is 19.5 Å². The molecule has 3 unspecified atom stereocenters. The molecule has 0 amide bonds. The van der Waals surface area contributed by atoms with Crippen molar-refractivity contribution >= 4 is 5.97 Å². The molecule has 1 aliphatic carbocycles. The van der Waals surface area contributed by atoms with Gasteiger partial charge in [-0.05, 0) is 18.3 Å². The van der Waals surface area contributed by atoms with Gasteiger partial charge in [-0.2, -0.15) is 0 Å². The molecule has 0 bridgehead atoms. The van der Waals surface area contributed by atoms with Crippen molar-refractivity contribution in [2.24, 2.45) is 17.8 Å². The lowest BCUT2D eigenvalue weighted by atomic mass is 9.99. The summed E-state index contributed by atoms with van der Waals surface area (Å²) in [5.41, 5.74) is 0. The van der Waals surface area contributed by atoms with E-state index in [-0.39, 0.29) is 18.0 Å². The Hall–Kier alpha value is -0.610.